The number of amides is 3. The second-order valence-electron chi connectivity index (χ2n) is 4.04. The van der Waals surface area contributed by atoms with E-state index >= 15 is 0 Å². The lowest BCUT2D eigenvalue weighted by molar-refractivity contribution is -0.146. The average Bonchev–Trinajstić information content (AvgIpc) is 2.50. The summed E-state index contributed by atoms with van der Waals surface area (Å²) in [7, 11) is 1.31. The number of hydrogen-bond donors (Lipinski definition) is 5. The number of phenols is 1. The van der Waals surface area contributed by atoms with Crippen molar-refractivity contribution >= 4 is 18.2 Å². The number of phenolic OH excluding ortho intramolecular Hbond substituents is 1. The van der Waals surface area contributed by atoms with Gasteiger partial charge in [0.15, 0.2) is 5.72 Å². The maximum atomic E-state index is 11.4. The molecule has 0 fully saturated rings. The van der Waals surface area contributed by atoms with Crippen LogP contribution < -0.4 is 21.8 Å². The van der Waals surface area contributed by atoms with E-state index in [4.69, 9.17) is 10.6 Å². The van der Waals surface area contributed by atoms with Crippen LogP contribution in [0.3, 0.4) is 0 Å². The molecular weight excluding hydrogens is 280 g/mol. The molecular formula is C12H16N4O5. The molecule has 0 radical (unpaired) electrons. The second-order valence-corrected chi connectivity index (χ2v) is 4.04. The fourth-order valence-electron chi connectivity index (χ4n) is 1.48. The van der Waals surface area contributed by atoms with Crippen molar-refractivity contribution in [2.45, 2.75) is 5.72 Å². The van der Waals surface area contributed by atoms with E-state index in [0.29, 0.717) is 5.56 Å². The van der Waals surface area contributed by atoms with Gasteiger partial charge >= 0.3 is 11.8 Å². The zero-order valence-electron chi connectivity index (χ0n) is 11.3. The number of nitrogens with one attached hydrogen (secondary N) is 3. The smallest absolute Gasteiger partial charge is 0.309 e. The van der Waals surface area contributed by atoms with E-state index in [1.807, 2.05) is 5.48 Å². The van der Waals surface area contributed by atoms with Crippen molar-refractivity contribution in [1.29, 1.82) is 0 Å². The van der Waals surface area contributed by atoms with Gasteiger partial charge < -0.3 is 15.7 Å². The van der Waals surface area contributed by atoms with Crippen molar-refractivity contribution in [3.8, 4) is 5.75 Å². The van der Waals surface area contributed by atoms with E-state index < -0.39 is 17.5 Å². The highest BCUT2D eigenvalue weighted by Gasteiger charge is 2.31. The molecule has 0 aliphatic carbocycles. The molecule has 1 rings (SSSR count). The average molecular weight is 296 g/mol. The lowest BCUT2D eigenvalue weighted by Gasteiger charge is -2.28. The van der Waals surface area contributed by atoms with Crippen LogP contribution in [0.15, 0.2) is 24.3 Å². The van der Waals surface area contributed by atoms with E-state index in [0.717, 1.165) is 0 Å². The predicted octanol–water partition coefficient (Wildman–Crippen LogP) is -1.96. The van der Waals surface area contributed by atoms with E-state index in [-0.39, 0.29) is 18.7 Å². The molecule has 0 aliphatic heterocycles. The SMILES string of the molecule is CNC(=O)C(=O)NCC(N)(ONC=O)c1ccc(O)cc1. The van der Waals surface area contributed by atoms with Crippen LogP contribution in [0.5, 0.6) is 5.75 Å². The molecule has 0 aliphatic rings. The van der Waals surface area contributed by atoms with Gasteiger partial charge in [0.05, 0.1) is 6.54 Å². The molecule has 0 saturated heterocycles. The molecule has 0 heterocycles. The number of likely N-dealkylation sites (N-methyl/N-ethyl adjacent to an activating group) is 1. The van der Waals surface area contributed by atoms with E-state index in [2.05, 4.69) is 10.6 Å². The summed E-state index contributed by atoms with van der Waals surface area (Å²) in [4.78, 5) is 37.9. The lowest BCUT2D eigenvalue weighted by Crippen LogP contribution is -2.53. The summed E-state index contributed by atoms with van der Waals surface area (Å²) in [6, 6.07) is 5.63. The van der Waals surface area contributed by atoms with E-state index in [9.17, 15) is 19.5 Å². The van der Waals surface area contributed by atoms with Crippen molar-refractivity contribution in [3.05, 3.63) is 29.8 Å². The number of rotatable bonds is 6. The van der Waals surface area contributed by atoms with Gasteiger partial charge in [-0.1, -0.05) is 12.1 Å². The number of benzene rings is 1. The molecule has 1 atom stereocenters. The molecule has 1 unspecified atom stereocenters. The first-order valence-electron chi connectivity index (χ1n) is 5.88. The number of carbonyl (C=O) groups is 3. The van der Waals surface area contributed by atoms with Gasteiger partial charge in [-0.05, 0) is 12.1 Å². The molecule has 0 bridgehead atoms. The summed E-state index contributed by atoms with van der Waals surface area (Å²) in [6.45, 7) is -0.287. The first-order valence-corrected chi connectivity index (χ1v) is 5.88. The Bertz CT molecular complexity index is 519. The van der Waals surface area contributed by atoms with Crippen molar-refractivity contribution < 1.29 is 24.3 Å². The normalized spacial score (nSPS) is 12.9. The van der Waals surface area contributed by atoms with Crippen LogP contribution in [-0.4, -0.2) is 36.9 Å². The number of hydrogen-bond acceptors (Lipinski definition) is 6. The first kappa shape index (κ1) is 16.4. The van der Waals surface area contributed by atoms with Crippen molar-refractivity contribution in [3.63, 3.8) is 0 Å². The number of hydroxylamine groups is 1. The van der Waals surface area contributed by atoms with Crippen LogP contribution in [0.4, 0.5) is 0 Å². The molecule has 3 amide bonds. The van der Waals surface area contributed by atoms with Crippen LogP contribution in [0.25, 0.3) is 0 Å². The highest BCUT2D eigenvalue weighted by molar-refractivity contribution is 6.35. The van der Waals surface area contributed by atoms with Crippen LogP contribution in [0, 0.1) is 0 Å². The predicted molar refractivity (Wildman–Crippen MR) is 71.3 cm³/mol. The third kappa shape index (κ3) is 4.44. The molecule has 9 heteroatoms. The molecule has 0 saturated carbocycles. The Morgan fingerprint density at radius 2 is 1.95 bits per heavy atom. The maximum absolute atomic E-state index is 11.4. The van der Waals surface area contributed by atoms with Crippen LogP contribution in [0.2, 0.25) is 0 Å². The Kier molecular flexibility index (Phi) is 5.64. The fraction of sp³-hybridized carbons (Fsp3) is 0.250. The van der Waals surface area contributed by atoms with Gasteiger partial charge in [-0.2, -0.15) is 0 Å². The van der Waals surface area contributed by atoms with E-state index in [1.165, 1.54) is 31.3 Å². The molecule has 0 spiro atoms. The largest absolute Gasteiger partial charge is 0.508 e. The fourth-order valence-corrected chi connectivity index (χ4v) is 1.48. The van der Waals surface area contributed by atoms with Gasteiger partial charge in [-0.15, -0.1) is 0 Å². The summed E-state index contributed by atoms with van der Waals surface area (Å²) in [5, 5.41) is 13.7. The lowest BCUT2D eigenvalue weighted by atomic mass is 10.0. The minimum atomic E-state index is -1.61. The quantitative estimate of drug-likeness (QED) is 0.179. The van der Waals surface area contributed by atoms with Gasteiger partial charge in [0, 0.05) is 12.6 Å². The van der Waals surface area contributed by atoms with Gasteiger partial charge in [-0.25, -0.2) is 10.3 Å². The van der Waals surface area contributed by atoms with Gasteiger partial charge in [0.2, 0.25) is 6.41 Å². The summed E-state index contributed by atoms with van der Waals surface area (Å²) >= 11 is 0. The Morgan fingerprint density at radius 1 is 1.33 bits per heavy atom. The Morgan fingerprint density at radius 3 is 2.48 bits per heavy atom. The third-order valence-electron chi connectivity index (χ3n) is 2.59. The second kappa shape index (κ2) is 7.22. The van der Waals surface area contributed by atoms with E-state index in [1.54, 1.807) is 0 Å². The van der Waals surface area contributed by atoms with Crippen molar-refractivity contribution in [2.75, 3.05) is 13.6 Å². The van der Waals surface area contributed by atoms with Gasteiger partial charge in [0.25, 0.3) is 0 Å². The summed E-state index contributed by atoms with van der Waals surface area (Å²) < 4.78 is 0. The Balaban J connectivity index is 2.87. The molecule has 9 nitrogen and oxygen atoms in total. The summed E-state index contributed by atoms with van der Waals surface area (Å²) in [5.41, 5.74) is 6.68. The zero-order chi connectivity index (χ0) is 15.9. The maximum Gasteiger partial charge on any atom is 0.309 e. The monoisotopic (exact) mass is 296 g/mol. The number of aromatic hydroxyl groups is 1. The Hall–Kier alpha value is -2.65. The summed E-state index contributed by atoms with van der Waals surface area (Å²) in [5.74, 6) is -1.73. The minimum absolute atomic E-state index is 0.0128. The highest BCUT2D eigenvalue weighted by atomic mass is 16.7. The number of carbonyl (C=O) groups excluding carboxylic acids is 3. The minimum Gasteiger partial charge on any atom is -0.508 e. The van der Waals surface area contributed by atoms with Crippen LogP contribution in [-0.2, 0) is 24.9 Å². The first-order chi connectivity index (χ1) is 9.92. The standard InChI is InChI=1S/C12H16N4O5/c1-14-10(19)11(20)15-6-12(13,21-16-7-17)8-2-4-9(18)5-3-8/h2-5,7,18H,6,13H2,1H3,(H,14,19)(H,15,20)(H,16,17). The molecule has 21 heavy (non-hydrogen) atoms. The Labute approximate surface area is 120 Å². The highest BCUT2D eigenvalue weighted by Crippen LogP contribution is 2.20. The van der Waals surface area contributed by atoms with Crippen molar-refractivity contribution in [2.24, 2.45) is 5.73 Å². The third-order valence-corrected chi connectivity index (χ3v) is 2.59. The number of nitrogens with two attached hydrogens (primary N) is 1. The molecule has 114 valence electrons. The molecule has 6 N–H and O–H groups in total. The molecule has 1 aromatic rings. The topological polar surface area (TPSA) is 143 Å². The molecule has 0 aromatic heterocycles. The molecule has 1 aromatic carbocycles. The van der Waals surface area contributed by atoms with Crippen LogP contribution in [0.1, 0.15) is 5.56 Å². The van der Waals surface area contributed by atoms with Gasteiger partial charge in [-0.3, -0.25) is 20.1 Å². The van der Waals surface area contributed by atoms with Crippen LogP contribution >= 0.6 is 0 Å². The van der Waals surface area contributed by atoms with Crippen molar-refractivity contribution in [1.82, 2.24) is 16.1 Å². The summed E-state index contributed by atoms with van der Waals surface area (Å²) in [6.07, 6.45) is 0.266. The van der Waals surface area contributed by atoms with Gasteiger partial charge in [0.1, 0.15) is 5.75 Å². The zero-order valence-corrected chi connectivity index (χ0v) is 11.3.